The van der Waals surface area contributed by atoms with Crippen molar-refractivity contribution in [2.45, 2.75) is 19.0 Å². The number of halogens is 1. The largest absolute Gasteiger partial charge is 0.351 e. The lowest BCUT2D eigenvalue weighted by atomic mass is 10.1. The maximum Gasteiger partial charge on any atom is 0.255 e. The summed E-state index contributed by atoms with van der Waals surface area (Å²) in [4.78, 5) is 28.0. The van der Waals surface area contributed by atoms with Gasteiger partial charge in [0, 0.05) is 18.3 Å². The minimum Gasteiger partial charge on any atom is -0.351 e. The van der Waals surface area contributed by atoms with Gasteiger partial charge in [0.15, 0.2) is 0 Å². The highest BCUT2D eigenvalue weighted by Crippen LogP contribution is 2.09. The van der Waals surface area contributed by atoms with E-state index < -0.39 is 6.04 Å². The number of thioether (sulfide) groups is 1. The highest BCUT2D eigenvalue weighted by Gasteiger charge is 2.12. The van der Waals surface area contributed by atoms with Crippen molar-refractivity contribution >= 4 is 41.7 Å². The summed E-state index contributed by atoms with van der Waals surface area (Å²) < 4.78 is 0. The molecule has 0 aliphatic heterocycles. The lowest BCUT2D eigenvalue weighted by Gasteiger charge is -2.12. The van der Waals surface area contributed by atoms with Crippen LogP contribution >= 0.6 is 24.2 Å². The Kier molecular flexibility index (Phi) is 9.72. The second kappa shape index (κ2) is 11.5. The van der Waals surface area contributed by atoms with Gasteiger partial charge in [0.25, 0.3) is 5.91 Å². The van der Waals surface area contributed by atoms with E-state index in [1.54, 1.807) is 48.4 Å². The van der Waals surface area contributed by atoms with E-state index in [0.29, 0.717) is 24.2 Å². The van der Waals surface area contributed by atoms with E-state index in [0.717, 1.165) is 11.3 Å². The molecule has 0 bridgehead atoms. The van der Waals surface area contributed by atoms with Gasteiger partial charge in [0.05, 0.1) is 17.9 Å². The van der Waals surface area contributed by atoms with Crippen LogP contribution in [0.15, 0.2) is 48.8 Å². The minimum atomic E-state index is -0.489. The summed E-state index contributed by atoms with van der Waals surface area (Å²) >= 11 is 1.66. The number of anilines is 1. The quantitative estimate of drug-likeness (QED) is 0.639. The number of hydrogen-bond donors (Lipinski definition) is 3. The Morgan fingerprint density at radius 1 is 1.23 bits per heavy atom. The average molecular weight is 395 g/mol. The molecule has 1 heterocycles. The van der Waals surface area contributed by atoms with Crippen molar-refractivity contribution in [3.8, 4) is 0 Å². The van der Waals surface area contributed by atoms with Crippen LogP contribution in [-0.4, -0.2) is 34.8 Å². The molecule has 0 aliphatic rings. The van der Waals surface area contributed by atoms with E-state index in [4.69, 9.17) is 5.73 Å². The maximum absolute atomic E-state index is 12.2. The third-order valence-electron chi connectivity index (χ3n) is 3.57. The van der Waals surface area contributed by atoms with E-state index in [1.807, 2.05) is 18.4 Å². The zero-order valence-electron chi connectivity index (χ0n) is 14.5. The third-order valence-corrected chi connectivity index (χ3v) is 4.22. The minimum absolute atomic E-state index is 0. The molecule has 0 saturated carbocycles. The number of amides is 2. The van der Waals surface area contributed by atoms with Crippen LogP contribution in [0.1, 0.15) is 22.3 Å². The summed E-state index contributed by atoms with van der Waals surface area (Å²) in [5, 5.41) is 5.59. The number of nitrogens with two attached hydrogens (primary N) is 1. The molecular formula is C18H23ClN4O2S. The van der Waals surface area contributed by atoms with Gasteiger partial charge in [-0.05, 0) is 48.3 Å². The molecule has 0 aliphatic carbocycles. The summed E-state index contributed by atoms with van der Waals surface area (Å²) in [7, 11) is 0. The Labute approximate surface area is 163 Å². The lowest BCUT2D eigenvalue weighted by molar-refractivity contribution is -0.122. The van der Waals surface area contributed by atoms with Crippen LogP contribution in [0, 0.1) is 0 Å². The molecule has 4 N–H and O–H groups in total. The second-order valence-electron chi connectivity index (χ2n) is 5.50. The smallest absolute Gasteiger partial charge is 0.255 e. The average Bonchev–Trinajstić information content (AvgIpc) is 2.65. The molecule has 6 nitrogen and oxygen atoms in total. The van der Waals surface area contributed by atoms with Gasteiger partial charge in [-0.25, -0.2) is 0 Å². The van der Waals surface area contributed by atoms with Gasteiger partial charge in [-0.3, -0.25) is 14.6 Å². The first-order chi connectivity index (χ1) is 12.1. The second-order valence-corrected chi connectivity index (χ2v) is 6.48. The third kappa shape index (κ3) is 7.03. The standard InChI is InChI=1S/C18H22N4O2S.ClH/c1-25-10-8-16(19)18(24)21-11-13-4-6-14(7-5-13)17(23)22-15-3-2-9-20-12-15;/h2-7,9,12,16H,8,10-11,19H2,1H3,(H,21,24)(H,22,23);1H/t16-;/m0./s1. The lowest BCUT2D eigenvalue weighted by Crippen LogP contribution is -2.40. The van der Waals surface area contributed by atoms with Gasteiger partial charge in [0.2, 0.25) is 5.91 Å². The fraction of sp³-hybridized carbons (Fsp3) is 0.278. The van der Waals surface area contributed by atoms with Crippen LogP contribution in [0.3, 0.4) is 0 Å². The Hall–Kier alpha value is -2.09. The van der Waals surface area contributed by atoms with Crippen LogP contribution in [0.2, 0.25) is 0 Å². The number of hydrogen-bond acceptors (Lipinski definition) is 5. The zero-order chi connectivity index (χ0) is 18.1. The molecule has 1 aromatic carbocycles. The van der Waals surface area contributed by atoms with Gasteiger partial charge in [-0.15, -0.1) is 12.4 Å². The fourth-order valence-corrected chi connectivity index (χ4v) is 2.60. The first kappa shape index (κ1) is 22.0. The number of nitrogens with zero attached hydrogens (tertiary/aromatic N) is 1. The molecular weight excluding hydrogens is 372 g/mol. The van der Waals surface area contributed by atoms with Crippen molar-refractivity contribution in [1.82, 2.24) is 10.3 Å². The predicted octanol–water partition coefficient (Wildman–Crippen LogP) is 2.45. The van der Waals surface area contributed by atoms with Crippen molar-refractivity contribution in [2.24, 2.45) is 5.73 Å². The summed E-state index contributed by atoms with van der Waals surface area (Å²) in [5.41, 5.74) is 7.91. The molecule has 2 amide bonds. The topological polar surface area (TPSA) is 97.1 Å². The highest BCUT2D eigenvalue weighted by atomic mass is 35.5. The molecule has 0 unspecified atom stereocenters. The number of rotatable bonds is 8. The summed E-state index contributed by atoms with van der Waals surface area (Å²) in [6, 6.07) is 10.1. The van der Waals surface area contributed by atoms with Crippen LogP contribution in [0.4, 0.5) is 5.69 Å². The molecule has 0 saturated heterocycles. The van der Waals surface area contributed by atoms with Crippen LogP contribution in [0.25, 0.3) is 0 Å². The molecule has 1 atom stereocenters. The molecule has 8 heteroatoms. The number of carbonyl (C=O) groups is 2. The van der Waals surface area contributed by atoms with Gasteiger partial charge in [-0.2, -0.15) is 11.8 Å². The predicted molar refractivity (Wildman–Crippen MR) is 109 cm³/mol. The van der Waals surface area contributed by atoms with E-state index >= 15 is 0 Å². The molecule has 1 aromatic heterocycles. The normalized spacial score (nSPS) is 11.2. The van der Waals surface area contributed by atoms with E-state index in [1.165, 1.54) is 0 Å². The zero-order valence-corrected chi connectivity index (χ0v) is 16.1. The molecule has 2 rings (SSSR count). The molecule has 0 spiro atoms. The summed E-state index contributed by atoms with van der Waals surface area (Å²) in [6.07, 6.45) is 5.87. The van der Waals surface area contributed by atoms with E-state index in [2.05, 4.69) is 15.6 Å². The molecule has 0 fully saturated rings. The molecule has 140 valence electrons. The number of benzene rings is 1. The van der Waals surface area contributed by atoms with Crippen molar-refractivity contribution in [1.29, 1.82) is 0 Å². The SMILES string of the molecule is CSCC[C@H](N)C(=O)NCc1ccc(C(=O)Nc2cccnc2)cc1.Cl. The van der Waals surface area contributed by atoms with Crippen molar-refractivity contribution in [2.75, 3.05) is 17.3 Å². The van der Waals surface area contributed by atoms with Gasteiger partial charge < -0.3 is 16.4 Å². The summed E-state index contributed by atoms with van der Waals surface area (Å²) in [5.74, 6) is 0.491. The van der Waals surface area contributed by atoms with Gasteiger partial charge in [0.1, 0.15) is 0 Å². The van der Waals surface area contributed by atoms with Gasteiger partial charge in [-0.1, -0.05) is 12.1 Å². The number of carbonyl (C=O) groups excluding carboxylic acids is 2. The van der Waals surface area contributed by atoms with Crippen molar-refractivity contribution < 1.29 is 9.59 Å². The Bertz CT molecular complexity index is 698. The van der Waals surface area contributed by atoms with Gasteiger partial charge >= 0.3 is 0 Å². The summed E-state index contributed by atoms with van der Waals surface area (Å²) in [6.45, 7) is 0.385. The number of nitrogens with one attached hydrogen (secondary N) is 2. The molecule has 0 radical (unpaired) electrons. The van der Waals surface area contributed by atoms with Crippen LogP contribution in [0.5, 0.6) is 0 Å². The number of aromatic nitrogens is 1. The molecule has 26 heavy (non-hydrogen) atoms. The first-order valence-electron chi connectivity index (χ1n) is 7.92. The highest BCUT2D eigenvalue weighted by molar-refractivity contribution is 7.98. The van der Waals surface area contributed by atoms with Crippen molar-refractivity contribution in [3.63, 3.8) is 0 Å². The Balaban J connectivity index is 0.00000338. The Morgan fingerprint density at radius 2 is 1.96 bits per heavy atom. The first-order valence-corrected chi connectivity index (χ1v) is 9.32. The monoisotopic (exact) mass is 394 g/mol. The fourth-order valence-electron chi connectivity index (χ4n) is 2.11. The van der Waals surface area contributed by atoms with Crippen molar-refractivity contribution in [3.05, 3.63) is 59.9 Å². The Morgan fingerprint density at radius 3 is 2.58 bits per heavy atom. The van der Waals surface area contributed by atoms with Crippen LogP contribution in [-0.2, 0) is 11.3 Å². The van der Waals surface area contributed by atoms with E-state index in [9.17, 15) is 9.59 Å². The van der Waals surface area contributed by atoms with Crippen LogP contribution < -0.4 is 16.4 Å². The molecule has 2 aromatic rings. The number of pyridine rings is 1. The maximum atomic E-state index is 12.2. The van der Waals surface area contributed by atoms with E-state index in [-0.39, 0.29) is 24.2 Å².